The average molecular weight is 317 g/mol. The van der Waals surface area contributed by atoms with Crippen molar-refractivity contribution in [1.82, 2.24) is 25.0 Å². The maximum atomic E-state index is 12.2. The van der Waals surface area contributed by atoms with E-state index < -0.39 is 0 Å². The summed E-state index contributed by atoms with van der Waals surface area (Å²) >= 11 is 0. The zero-order valence-corrected chi connectivity index (χ0v) is 13.9. The lowest BCUT2D eigenvalue weighted by Crippen LogP contribution is -2.44. The average Bonchev–Trinajstić information content (AvgIpc) is 3.08. The van der Waals surface area contributed by atoms with E-state index >= 15 is 0 Å². The van der Waals surface area contributed by atoms with Crippen LogP contribution in [0.5, 0.6) is 0 Å². The second-order valence-corrected chi connectivity index (χ2v) is 5.52. The molecule has 2 amide bonds. The molecule has 0 radical (unpaired) electrons. The van der Waals surface area contributed by atoms with Gasteiger partial charge < -0.3 is 15.0 Å². The van der Waals surface area contributed by atoms with Gasteiger partial charge in [-0.1, -0.05) is 12.1 Å². The minimum Gasteiger partial charge on any atom is -0.383 e. The lowest BCUT2D eigenvalue weighted by Gasteiger charge is -2.27. The topological polar surface area (TPSA) is 72.3 Å². The van der Waals surface area contributed by atoms with Gasteiger partial charge in [0, 0.05) is 14.2 Å². The highest BCUT2D eigenvalue weighted by Gasteiger charge is 2.18. The molecule has 7 heteroatoms. The Hall–Kier alpha value is -2.41. The minimum atomic E-state index is -0.123. The molecular weight excluding hydrogens is 294 g/mol. The van der Waals surface area contributed by atoms with Gasteiger partial charge in [-0.2, -0.15) is 5.10 Å². The van der Waals surface area contributed by atoms with Crippen molar-refractivity contribution in [3.05, 3.63) is 42.5 Å². The van der Waals surface area contributed by atoms with Crippen molar-refractivity contribution in [2.24, 2.45) is 0 Å². The Labute approximate surface area is 136 Å². The van der Waals surface area contributed by atoms with Gasteiger partial charge in [-0.15, -0.1) is 0 Å². The number of ether oxygens (including phenoxy) is 1. The zero-order chi connectivity index (χ0) is 16.8. The highest BCUT2D eigenvalue weighted by atomic mass is 16.5. The summed E-state index contributed by atoms with van der Waals surface area (Å²) in [5.41, 5.74) is 1.98. The maximum Gasteiger partial charge on any atom is 0.317 e. The summed E-state index contributed by atoms with van der Waals surface area (Å²) in [6.07, 6.45) is 3.14. The largest absolute Gasteiger partial charge is 0.383 e. The van der Waals surface area contributed by atoms with Crippen LogP contribution in [0.15, 0.2) is 36.9 Å². The Morgan fingerprint density at radius 2 is 2.04 bits per heavy atom. The van der Waals surface area contributed by atoms with E-state index in [1.807, 2.05) is 38.1 Å². The number of aromatic nitrogens is 3. The number of carbonyl (C=O) groups excluding carboxylic acids is 1. The van der Waals surface area contributed by atoms with Crippen molar-refractivity contribution in [3.63, 3.8) is 0 Å². The van der Waals surface area contributed by atoms with Crippen LogP contribution in [-0.2, 0) is 4.74 Å². The fraction of sp³-hybridized carbons (Fsp3) is 0.438. The summed E-state index contributed by atoms with van der Waals surface area (Å²) < 4.78 is 6.72. The summed E-state index contributed by atoms with van der Waals surface area (Å²) in [7, 11) is 3.40. The van der Waals surface area contributed by atoms with Crippen LogP contribution >= 0.6 is 0 Å². The molecule has 1 heterocycles. The van der Waals surface area contributed by atoms with Crippen LogP contribution in [0.3, 0.4) is 0 Å². The Morgan fingerprint density at radius 3 is 2.61 bits per heavy atom. The molecule has 23 heavy (non-hydrogen) atoms. The molecule has 2 atom stereocenters. The number of carbonyl (C=O) groups is 1. The molecule has 0 fully saturated rings. The molecule has 1 N–H and O–H groups in total. The van der Waals surface area contributed by atoms with E-state index in [9.17, 15) is 4.79 Å². The molecule has 0 bridgehead atoms. The van der Waals surface area contributed by atoms with Crippen molar-refractivity contribution in [2.75, 3.05) is 20.8 Å². The van der Waals surface area contributed by atoms with Gasteiger partial charge in [0.05, 0.1) is 24.4 Å². The predicted octanol–water partition coefficient (Wildman–Crippen LogP) is 2.00. The minimum absolute atomic E-state index is 0.0307. The van der Waals surface area contributed by atoms with E-state index in [4.69, 9.17) is 4.74 Å². The van der Waals surface area contributed by atoms with Gasteiger partial charge in [-0.3, -0.25) is 0 Å². The third-order valence-electron chi connectivity index (χ3n) is 3.75. The molecule has 0 spiro atoms. The quantitative estimate of drug-likeness (QED) is 0.884. The first-order chi connectivity index (χ1) is 11.0. The number of methoxy groups -OCH3 is 1. The van der Waals surface area contributed by atoms with Gasteiger partial charge in [-0.05, 0) is 31.5 Å². The van der Waals surface area contributed by atoms with Gasteiger partial charge in [0.2, 0.25) is 0 Å². The number of rotatable bonds is 6. The van der Waals surface area contributed by atoms with Gasteiger partial charge in [0.25, 0.3) is 0 Å². The molecule has 0 aliphatic heterocycles. The molecule has 0 saturated carbocycles. The van der Waals surface area contributed by atoms with Crippen molar-refractivity contribution < 1.29 is 9.53 Å². The van der Waals surface area contributed by atoms with Crippen molar-refractivity contribution in [1.29, 1.82) is 0 Å². The van der Waals surface area contributed by atoms with Gasteiger partial charge in [-0.25, -0.2) is 14.5 Å². The summed E-state index contributed by atoms with van der Waals surface area (Å²) in [6, 6.07) is 7.70. The number of hydrogen-bond acceptors (Lipinski definition) is 4. The van der Waals surface area contributed by atoms with E-state index in [0.29, 0.717) is 6.61 Å². The lowest BCUT2D eigenvalue weighted by molar-refractivity contribution is 0.158. The van der Waals surface area contributed by atoms with Crippen LogP contribution in [0.2, 0.25) is 0 Å². The van der Waals surface area contributed by atoms with E-state index in [1.165, 1.54) is 6.33 Å². The van der Waals surface area contributed by atoms with Crippen LogP contribution in [0.1, 0.15) is 25.5 Å². The van der Waals surface area contributed by atoms with Crippen LogP contribution in [-0.4, -0.2) is 52.5 Å². The molecule has 0 unspecified atom stereocenters. The monoisotopic (exact) mass is 317 g/mol. The molecule has 0 aliphatic rings. The van der Waals surface area contributed by atoms with Crippen molar-refractivity contribution in [3.8, 4) is 5.69 Å². The number of nitrogens with zero attached hydrogens (tertiary/aromatic N) is 4. The third kappa shape index (κ3) is 4.29. The van der Waals surface area contributed by atoms with Gasteiger partial charge in [0.1, 0.15) is 12.7 Å². The van der Waals surface area contributed by atoms with Crippen LogP contribution < -0.4 is 5.32 Å². The highest BCUT2D eigenvalue weighted by molar-refractivity contribution is 5.74. The molecular formula is C16H23N5O2. The summed E-state index contributed by atoms with van der Waals surface area (Å²) in [5.74, 6) is 0. The number of hydrogen-bond donors (Lipinski definition) is 1. The Kier molecular flexibility index (Phi) is 5.70. The number of amides is 2. The van der Waals surface area contributed by atoms with Crippen LogP contribution in [0, 0.1) is 0 Å². The number of nitrogens with one attached hydrogen (secondary N) is 1. The zero-order valence-electron chi connectivity index (χ0n) is 13.9. The van der Waals surface area contributed by atoms with Crippen LogP contribution in [0.4, 0.5) is 4.79 Å². The molecule has 2 rings (SSSR count). The Morgan fingerprint density at radius 1 is 1.35 bits per heavy atom. The van der Waals surface area contributed by atoms with Crippen molar-refractivity contribution >= 4 is 6.03 Å². The molecule has 124 valence electrons. The second kappa shape index (κ2) is 7.73. The fourth-order valence-corrected chi connectivity index (χ4v) is 2.25. The first-order valence-corrected chi connectivity index (χ1v) is 7.50. The molecule has 1 aromatic heterocycles. The second-order valence-electron chi connectivity index (χ2n) is 5.52. The van der Waals surface area contributed by atoms with Gasteiger partial charge in [0.15, 0.2) is 0 Å². The molecule has 0 aliphatic carbocycles. The number of urea groups is 1. The van der Waals surface area contributed by atoms with Crippen LogP contribution in [0.25, 0.3) is 5.69 Å². The highest BCUT2D eigenvalue weighted by Crippen LogP contribution is 2.20. The van der Waals surface area contributed by atoms with E-state index in [1.54, 1.807) is 30.1 Å². The number of benzene rings is 1. The summed E-state index contributed by atoms with van der Waals surface area (Å²) in [4.78, 5) is 17.8. The van der Waals surface area contributed by atoms with E-state index in [-0.39, 0.29) is 18.1 Å². The summed E-state index contributed by atoms with van der Waals surface area (Å²) in [6.45, 7) is 4.39. The molecule has 7 nitrogen and oxygen atoms in total. The van der Waals surface area contributed by atoms with E-state index in [2.05, 4.69) is 15.4 Å². The fourth-order valence-electron chi connectivity index (χ4n) is 2.25. The first-order valence-electron chi connectivity index (χ1n) is 7.50. The van der Waals surface area contributed by atoms with Crippen molar-refractivity contribution in [2.45, 2.75) is 25.9 Å². The Balaban J connectivity index is 2.01. The molecule has 2 aromatic rings. The predicted molar refractivity (Wildman–Crippen MR) is 87.4 cm³/mol. The maximum absolute atomic E-state index is 12.2. The lowest BCUT2D eigenvalue weighted by atomic mass is 10.1. The summed E-state index contributed by atoms with van der Waals surface area (Å²) in [5, 5.41) is 7.00. The smallest absolute Gasteiger partial charge is 0.317 e. The standard InChI is InChI=1S/C16H23N5O2/c1-12(9-23-4)19-16(22)20(3)13(2)14-5-7-15(8-6-14)21-11-17-10-18-21/h5-8,10-13H,9H2,1-4H3,(H,19,22)/t12-,13+/m1/s1. The van der Waals surface area contributed by atoms with E-state index in [0.717, 1.165) is 11.3 Å². The first kappa shape index (κ1) is 17.0. The molecule has 1 aromatic carbocycles. The normalized spacial score (nSPS) is 13.4. The molecule has 0 saturated heterocycles. The van der Waals surface area contributed by atoms with Gasteiger partial charge >= 0.3 is 6.03 Å². The third-order valence-corrected chi connectivity index (χ3v) is 3.75. The Bertz CT molecular complexity index is 612. The SMILES string of the molecule is COC[C@@H](C)NC(=O)N(C)[C@@H](C)c1ccc(-n2cncn2)cc1.